The molecule has 2 N–H and O–H groups in total. The second-order valence-corrected chi connectivity index (χ2v) is 4.55. The molecule has 0 aliphatic heterocycles. The molecule has 2 aromatic heterocycles. The monoisotopic (exact) mass is 286 g/mol. The third-order valence-corrected chi connectivity index (χ3v) is 2.89. The van der Waals surface area contributed by atoms with Gasteiger partial charge in [0, 0.05) is 12.7 Å². The first-order valence-electron chi connectivity index (χ1n) is 6.72. The van der Waals surface area contributed by atoms with Gasteiger partial charge in [-0.1, -0.05) is 12.2 Å². The number of aromatic amines is 1. The molecule has 0 aromatic carbocycles. The van der Waals surface area contributed by atoms with E-state index in [0.717, 1.165) is 35.6 Å². The van der Waals surface area contributed by atoms with Crippen LogP contribution in [0.25, 0.3) is 11.4 Å². The van der Waals surface area contributed by atoms with Gasteiger partial charge < -0.3 is 10.1 Å². The van der Waals surface area contributed by atoms with Gasteiger partial charge in [0.15, 0.2) is 0 Å². The Labute approximate surface area is 123 Å². The van der Waals surface area contributed by atoms with E-state index >= 15 is 0 Å². The highest BCUT2D eigenvalue weighted by Gasteiger charge is 2.01. The largest absolute Gasteiger partial charge is 0.492 e. The van der Waals surface area contributed by atoms with E-state index in [-0.39, 0.29) is 0 Å². The minimum absolute atomic E-state index is 0.518. The third-order valence-electron chi connectivity index (χ3n) is 2.89. The Bertz CT molecular complexity index is 564. The molecule has 0 spiro atoms. The van der Waals surface area contributed by atoms with E-state index in [2.05, 4.69) is 27.1 Å². The van der Waals surface area contributed by atoms with Crippen molar-refractivity contribution >= 4 is 6.41 Å². The molecule has 0 saturated heterocycles. The number of hydrogen-bond acceptors (Lipinski definition) is 4. The van der Waals surface area contributed by atoms with Gasteiger partial charge >= 0.3 is 0 Å². The quantitative estimate of drug-likeness (QED) is 0.419. The Hall–Kier alpha value is -2.63. The predicted molar refractivity (Wildman–Crippen MR) is 79.8 cm³/mol. The second-order valence-electron chi connectivity index (χ2n) is 4.55. The molecule has 2 aromatic rings. The van der Waals surface area contributed by atoms with Crippen LogP contribution in [-0.4, -0.2) is 34.7 Å². The highest BCUT2D eigenvalue weighted by molar-refractivity contribution is 5.53. The number of carbonyl (C=O) groups excluding carboxylic acids is 1. The van der Waals surface area contributed by atoms with Gasteiger partial charge in [0.2, 0.25) is 6.41 Å². The fourth-order valence-corrected chi connectivity index (χ4v) is 1.81. The molecule has 0 aliphatic carbocycles. The van der Waals surface area contributed by atoms with Gasteiger partial charge in [-0.05, 0) is 31.0 Å². The summed E-state index contributed by atoms with van der Waals surface area (Å²) in [5, 5.41) is 9.34. The van der Waals surface area contributed by atoms with Crippen LogP contribution in [0.2, 0.25) is 0 Å². The topological polar surface area (TPSA) is 79.9 Å². The van der Waals surface area contributed by atoms with Crippen molar-refractivity contribution in [3.05, 3.63) is 42.7 Å². The summed E-state index contributed by atoms with van der Waals surface area (Å²) in [6.07, 6.45) is 5.73. The van der Waals surface area contributed by atoms with Crippen LogP contribution in [-0.2, 0) is 4.79 Å². The van der Waals surface area contributed by atoms with Gasteiger partial charge in [-0.15, -0.1) is 0 Å². The number of nitrogens with zero attached hydrogens (tertiary/aromatic N) is 2. The first kappa shape index (κ1) is 14.8. The van der Waals surface area contributed by atoms with Crippen molar-refractivity contribution in [3.8, 4) is 17.1 Å². The lowest BCUT2D eigenvalue weighted by atomic mass is 10.2. The Balaban J connectivity index is 1.72. The first-order chi connectivity index (χ1) is 10.3. The number of amides is 1. The number of H-pyrrole nitrogens is 1. The van der Waals surface area contributed by atoms with Gasteiger partial charge in [0.25, 0.3) is 0 Å². The average molecular weight is 286 g/mol. The molecule has 6 heteroatoms. The van der Waals surface area contributed by atoms with E-state index in [1.807, 2.05) is 18.2 Å². The first-order valence-corrected chi connectivity index (χ1v) is 6.72. The predicted octanol–water partition coefficient (Wildman–Crippen LogP) is 1.93. The maximum absolute atomic E-state index is 10.1. The van der Waals surface area contributed by atoms with Gasteiger partial charge in [-0.3, -0.25) is 14.9 Å². The summed E-state index contributed by atoms with van der Waals surface area (Å²) >= 11 is 0. The van der Waals surface area contributed by atoms with Gasteiger partial charge in [0.1, 0.15) is 5.75 Å². The van der Waals surface area contributed by atoms with E-state index < -0.39 is 0 Å². The van der Waals surface area contributed by atoms with E-state index in [4.69, 9.17) is 4.74 Å². The molecule has 2 rings (SSSR count). The van der Waals surface area contributed by atoms with Crippen LogP contribution in [0.3, 0.4) is 0 Å². The van der Waals surface area contributed by atoms with E-state index in [1.165, 1.54) is 0 Å². The summed E-state index contributed by atoms with van der Waals surface area (Å²) in [7, 11) is 0. The summed E-state index contributed by atoms with van der Waals surface area (Å²) < 4.78 is 5.61. The van der Waals surface area contributed by atoms with Crippen LogP contribution in [0, 0.1) is 0 Å². The molecule has 21 heavy (non-hydrogen) atoms. The summed E-state index contributed by atoms with van der Waals surface area (Å²) in [4.78, 5) is 14.5. The zero-order valence-corrected chi connectivity index (χ0v) is 11.7. The van der Waals surface area contributed by atoms with Crippen LogP contribution in [0.1, 0.15) is 12.8 Å². The molecule has 0 fully saturated rings. The zero-order chi connectivity index (χ0) is 14.9. The fourth-order valence-electron chi connectivity index (χ4n) is 1.81. The zero-order valence-electron chi connectivity index (χ0n) is 11.7. The lowest BCUT2D eigenvalue weighted by Crippen LogP contribution is -2.14. The molecule has 0 bridgehead atoms. The molecule has 0 radical (unpaired) electrons. The number of ether oxygens (including phenoxy) is 1. The molecule has 6 nitrogen and oxygen atoms in total. The van der Waals surface area contributed by atoms with Crippen LogP contribution >= 0.6 is 0 Å². The Morgan fingerprint density at radius 2 is 2.33 bits per heavy atom. The van der Waals surface area contributed by atoms with Crippen molar-refractivity contribution in [1.29, 1.82) is 0 Å². The van der Waals surface area contributed by atoms with Crippen LogP contribution in [0.5, 0.6) is 5.75 Å². The van der Waals surface area contributed by atoms with Crippen LogP contribution < -0.4 is 10.1 Å². The van der Waals surface area contributed by atoms with Crippen molar-refractivity contribution in [2.45, 2.75) is 12.8 Å². The summed E-state index contributed by atoms with van der Waals surface area (Å²) in [6.45, 7) is 4.98. The molecular formula is C15H18N4O2. The third kappa shape index (κ3) is 4.76. The molecule has 2 heterocycles. The van der Waals surface area contributed by atoms with E-state index in [1.54, 1.807) is 12.4 Å². The molecule has 0 unspecified atom stereocenters. The Morgan fingerprint density at radius 1 is 1.43 bits per heavy atom. The number of aromatic nitrogens is 3. The van der Waals surface area contributed by atoms with Gasteiger partial charge in [0.05, 0.1) is 24.2 Å². The van der Waals surface area contributed by atoms with E-state index in [0.29, 0.717) is 19.6 Å². The molecular weight excluding hydrogens is 268 g/mol. The Morgan fingerprint density at radius 3 is 3.00 bits per heavy atom. The summed E-state index contributed by atoms with van der Waals surface area (Å²) in [5.41, 5.74) is 2.69. The molecule has 1 amide bonds. The lowest BCUT2D eigenvalue weighted by Gasteiger charge is -2.07. The van der Waals surface area contributed by atoms with E-state index in [9.17, 15) is 4.79 Å². The van der Waals surface area contributed by atoms with Crippen molar-refractivity contribution in [1.82, 2.24) is 20.5 Å². The Kier molecular flexibility index (Phi) is 5.51. The minimum Gasteiger partial charge on any atom is -0.492 e. The lowest BCUT2D eigenvalue weighted by molar-refractivity contribution is -0.109. The maximum Gasteiger partial charge on any atom is 0.207 e. The standard InChI is InChI=1S/C15H18N4O2/c1-12(9-16-11-20)3-2-8-21-13-4-5-14(17-10-13)15-6-7-18-19-15/h4-7,10-11H,1-3,8-9H2,(H,16,20)(H,18,19). The number of carbonyl (C=O) groups is 1. The number of nitrogens with one attached hydrogen (secondary N) is 2. The minimum atomic E-state index is 0.518. The number of pyridine rings is 1. The van der Waals surface area contributed by atoms with Crippen molar-refractivity contribution in [2.24, 2.45) is 0 Å². The van der Waals surface area contributed by atoms with Crippen LogP contribution in [0.15, 0.2) is 42.7 Å². The molecule has 110 valence electrons. The number of hydrogen-bond donors (Lipinski definition) is 2. The van der Waals surface area contributed by atoms with Crippen molar-refractivity contribution < 1.29 is 9.53 Å². The fraction of sp³-hybridized carbons (Fsp3) is 0.267. The molecule has 0 saturated carbocycles. The number of rotatable bonds is 9. The highest BCUT2D eigenvalue weighted by Crippen LogP contribution is 2.17. The maximum atomic E-state index is 10.1. The highest BCUT2D eigenvalue weighted by atomic mass is 16.5. The SMILES string of the molecule is C=C(CCCOc1ccc(-c2ccn[nH]2)nc1)CNC=O. The van der Waals surface area contributed by atoms with Gasteiger partial charge in [-0.2, -0.15) is 5.10 Å². The van der Waals surface area contributed by atoms with Gasteiger partial charge in [-0.25, -0.2) is 0 Å². The summed E-state index contributed by atoms with van der Waals surface area (Å²) in [6, 6.07) is 5.63. The van der Waals surface area contributed by atoms with Crippen LogP contribution in [0.4, 0.5) is 0 Å². The van der Waals surface area contributed by atoms with Crippen molar-refractivity contribution in [2.75, 3.05) is 13.2 Å². The average Bonchev–Trinajstić information content (AvgIpc) is 3.04. The van der Waals surface area contributed by atoms with Crippen molar-refractivity contribution in [3.63, 3.8) is 0 Å². The molecule has 0 atom stereocenters. The second kappa shape index (κ2) is 7.84. The summed E-state index contributed by atoms with van der Waals surface area (Å²) in [5.74, 6) is 0.731. The normalized spacial score (nSPS) is 10.1. The molecule has 0 aliphatic rings. The smallest absolute Gasteiger partial charge is 0.207 e.